The van der Waals surface area contributed by atoms with E-state index in [1.54, 1.807) is 12.1 Å². The number of carbonyl (C=O) groups is 1. The van der Waals surface area contributed by atoms with Gasteiger partial charge in [-0.1, -0.05) is 53.2 Å². The van der Waals surface area contributed by atoms with Gasteiger partial charge < -0.3 is 9.26 Å². The van der Waals surface area contributed by atoms with E-state index in [1.165, 1.54) is 0 Å². The van der Waals surface area contributed by atoms with Gasteiger partial charge in [-0.2, -0.15) is 0 Å². The quantitative estimate of drug-likeness (QED) is 0.537. The van der Waals surface area contributed by atoms with Crippen LogP contribution >= 0.6 is 0 Å². The Kier molecular flexibility index (Phi) is 3.74. The van der Waals surface area contributed by atoms with Gasteiger partial charge in [0.15, 0.2) is 11.5 Å². The van der Waals surface area contributed by atoms with Crippen molar-refractivity contribution in [2.45, 2.75) is 13.8 Å². The maximum atomic E-state index is 12.2. The number of hydrogen-bond donors (Lipinski definition) is 0. The second-order valence-electron chi connectivity index (χ2n) is 5.10. The summed E-state index contributed by atoms with van der Waals surface area (Å²) in [4.78, 5) is 12.2. The van der Waals surface area contributed by atoms with Crippen molar-refractivity contribution in [3.63, 3.8) is 0 Å². The van der Waals surface area contributed by atoms with Crippen LogP contribution < -0.4 is 4.74 Å². The molecule has 0 fully saturated rings. The van der Waals surface area contributed by atoms with Crippen LogP contribution in [0.2, 0.25) is 0 Å². The zero-order valence-corrected chi connectivity index (χ0v) is 12.4. The third-order valence-corrected chi connectivity index (χ3v) is 3.31. The molecule has 110 valence electrons. The first-order valence-corrected chi connectivity index (χ1v) is 6.95. The van der Waals surface area contributed by atoms with Crippen molar-refractivity contribution in [3.05, 3.63) is 71.4 Å². The maximum Gasteiger partial charge on any atom is 0.365 e. The molecule has 0 spiro atoms. The lowest BCUT2D eigenvalue weighted by atomic mass is 10.1. The predicted octanol–water partition coefficient (Wildman–Crippen LogP) is 4.18. The van der Waals surface area contributed by atoms with Gasteiger partial charge in [0, 0.05) is 11.6 Å². The molecule has 0 atom stereocenters. The molecule has 1 aromatic heterocycles. The summed E-state index contributed by atoms with van der Waals surface area (Å²) >= 11 is 0. The Hall–Kier alpha value is -2.88. The molecule has 0 aliphatic carbocycles. The van der Waals surface area contributed by atoms with E-state index < -0.39 is 5.97 Å². The Morgan fingerprint density at radius 3 is 2.55 bits per heavy atom. The molecular weight excluding hydrogens is 278 g/mol. The largest absolute Gasteiger partial charge is 0.421 e. The molecule has 0 unspecified atom stereocenters. The van der Waals surface area contributed by atoms with Gasteiger partial charge in [0.25, 0.3) is 0 Å². The number of ether oxygens (including phenoxy) is 1. The van der Waals surface area contributed by atoms with E-state index in [9.17, 15) is 4.79 Å². The second-order valence-corrected chi connectivity index (χ2v) is 5.10. The number of hydrogen-bond acceptors (Lipinski definition) is 4. The normalized spacial score (nSPS) is 10.5. The van der Waals surface area contributed by atoms with E-state index in [2.05, 4.69) is 5.16 Å². The first kappa shape index (κ1) is 14.1. The number of carbonyl (C=O) groups excluding carboxylic acids is 1. The molecule has 0 bridgehead atoms. The Morgan fingerprint density at radius 2 is 1.82 bits per heavy atom. The highest BCUT2D eigenvalue weighted by molar-refractivity contribution is 5.90. The first-order chi connectivity index (χ1) is 10.6. The highest BCUT2D eigenvalue weighted by Gasteiger charge is 2.16. The molecule has 0 aliphatic rings. The summed E-state index contributed by atoms with van der Waals surface area (Å²) in [6.45, 7) is 3.89. The average molecular weight is 293 g/mol. The molecule has 3 aromatic rings. The molecule has 0 saturated heterocycles. The SMILES string of the molecule is Cc1ccc(OC(=O)c2cc(-c3ccccc3)on2)c(C)c1. The van der Waals surface area contributed by atoms with E-state index in [0.29, 0.717) is 11.5 Å². The standard InChI is InChI=1S/C18H15NO3/c1-12-8-9-16(13(2)10-12)21-18(20)15-11-17(22-19-15)14-6-4-3-5-7-14/h3-11H,1-2H3. The summed E-state index contributed by atoms with van der Waals surface area (Å²) < 4.78 is 10.6. The summed E-state index contributed by atoms with van der Waals surface area (Å²) in [5, 5.41) is 3.79. The smallest absolute Gasteiger partial charge is 0.365 e. The molecule has 4 nitrogen and oxygen atoms in total. The summed E-state index contributed by atoms with van der Waals surface area (Å²) in [6, 6.07) is 16.7. The van der Waals surface area contributed by atoms with Crippen molar-refractivity contribution in [1.82, 2.24) is 5.16 Å². The van der Waals surface area contributed by atoms with Crippen molar-refractivity contribution >= 4 is 5.97 Å². The first-order valence-electron chi connectivity index (χ1n) is 6.95. The molecule has 0 N–H and O–H groups in total. The van der Waals surface area contributed by atoms with Crippen LogP contribution in [0.4, 0.5) is 0 Å². The molecule has 4 heteroatoms. The monoisotopic (exact) mass is 293 g/mol. The van der Waals surface area contributed by atoms with Crippen molar-refractivity contribution < 1.29 is 14.1 Å². The summed E-state index contributed by atoms with van der Waals surface area (Å²) in [5.74, 6) is 0.533. The second kappa shape index (κ2) is 5.85. The Balaban J connectivity index is 1.80. The fourth-order valence-corrected chi connectivity index (χ4v) is 2.18. The molecule has 3 rings (SSSR count). The van der Waals surface area contributed by atoms with Crippen LogP contribution in [0.1, 0.15) is 21.6 Å². The Bertz CT molecular complexity index is 806. The van der Waals surface area contributed by atoms with Crippen LogP contribution in [0.5, 0.6) is 5.75 Å². The van der Waals surface area contributed by atoms with Crippen LogP contribution in [0.25, 0.3) is 11.3 Å². The number of aryl methyl sites for hydroxylation is 2. The van der Waals surface area contributed by atoms with Crippen LogP contribution in [0, 0.1) is 13.8 Å². The van der Waals surface area contributed by atoms with Crippen molar-refractivity contribution in [1.29, 1.82) is 0 Å². The molecule has 22 heavy (non-hydrogen) atoms. The minimum atomic E-state index is -0.530. The van der Waals surface area contributed by atoms with E-state index in [0.717, 1.165) is 16.7 Å². The van der Waals surface area contributed by atoms with Crippen molar-refractivity contribution in [3.8, 4) is 17.1 Å². The summed E-state index contributed by atoms with van der Waals surface area (Å²) in [5.41, 5.74) is 3.03. The molecular formula is C18H15NO3. The van der Waals surface area contributed by atoms with Crippen molar-refractivity contribution in [2.75, 3.05) is 0 Å². The third-order valence-electron chi connectivity index (χ3n) is 3.31. The fourth-order valence-electron chi connectivity index (χ4n) is 2.18. The summed E-state index contributed by atoms with van der Waals surface area (Å²) in [6.07, 6.45) is 0. The van der Waals surface area contributed by atoms with Gasteiger partial charge in [0.1, 0.15) is 5.75 Å². The molecule has 0 amide bonds. The predicted molar refractivity (Wildman–Crippen MR) is 82.8 cm³/mol. The third kappa shape index (κ3) is 2.91. The van der Waals surface area contributed by atoms with Crippen LogP contribution in [-0.4, -0.2) is 11.1 Å². The molecule has 2 aromatic carbocycles. The topological polar surface area (TPSA) is 52.3 Å². The number of aromatic nitrogens is 1. The highest BCUT2D eigenvalue weighted by Crippen LogP contribution is 2.22. The average Bonchev–Trinajstić information content (AvgIpc) is 3.01. The van der Waals surface area contributed by atoms with Crippen molar-refractivity contribution in [2.24, 2.45) is 0 Å². The lowest BCUT2D eigenvalue weighted by molar-refractivity contribution is 0.0722. The lowest BCUT2D eigenvalue weighted by Gasteiger charge is -2.06. The highest BCUT2D eigenvalue weighted by atomic mass is 16.5. The number of nitrogens with zero attached hydrogens (tertiary/aromatic N) is 1. The fraction of sp³-hybridized carbons (Fsp3) is 0.111. The van der Waals surface area contributed by atoms with E-state index in [4.69, 9.17) is 9.26 Å². The number of rotatable bonds is 3. The van der Waals surface area contributed by atoms with Gasteiger partial charge in [0.2, 0.25) is 0 Å². The molecule has 1 heterocycles. The van der Waals surface area contributed by atoms with Crippen LogP contribution in [0.15, 0.2) is 59.1 Å². The van der Waals surface area contributed by atoms with E-state index in [-0.39, 0.29) is 5.69 Å². The van der Waals surface area contributed by atoms with Gasteiger partial charge in [-0.25, -0.2) is 4.79 Å². The lowest BCUT2D eigenvalue weighted by Crippen LogP contribution is -2.09. The van der Waals surface area contributed by atoms with Crippen LogP contribution in [-0.2, 0) is 0 Å². The van der Waals surface area contributed by atoms with Gasteiger partial charge >= 0.3 is 5.97 Å². The van der Waals surface area contributed by atoms with Gasteiger partial charge in [0.05, 0.1) is 0 Å². The Labute approximate surface area is 128 Å². The minimum absolute atomic E-state index is 0.152. The number of esters is 1. The Morgan fingerprint density at radius 1 is 1.05 bits per heavy atom. The maximum absolute atomic E-state index is 12.2. The van der Waals surface area contributed by atoms with Crippen LogP contribution in [0.3, 0.4) is 0 Å². The van der Waals surface area contributed by atoms with E-state index in [1.807, 2.05) is 56.3 Å². The molecule has 0 radical (unpaired) electrons. The van der Waals surface area contributed by atoms with E-state index >= 15 is 0 Å². The summed E-state index contributed by atoms with van der Waals surface area (Å²) in [7, 11) is 0. The molecule has 0 aliphatic heterocycles. The number of benzene rings is 2. The zero-order chi connectivity index (χ0) is 15.5. The molecule has 0 saturated carbocycles. The zero-order valence-electron chi connectivity index (χ0n) is 12.4. The van der Waals surface area contributed by atoms with Gasteiger partial charge in [-0.05, 0) is 25.5 Å². The van der Waals surface area contributed by atoms with Gasteiger partial charge in [-0.15, -0.1) is 0 Å². The minimum Gasteiger partial charge on any atom is -0.421 e. The van der Waals surface area contributed by atoms with Gasteiger partial charge in [-0.3, -0.25) is 0 Å².